The number of likely N-dealkylation sites (N-methyl/N-ethyl adjacent to an activating group) is 1. The molecule has 1 aromatic carbocycles. The molecule has 0 saturated carbocycles. The molecule has 1 saturated heterocycles. The number of carbonyl (C=O) groups is 2. The van der Waals surface area contributed by atoms with E-state index in [4.69, 9.17) is 4.74 Å². The van der Waals surface area contributed by atoms with Crippen LogP contribution in [0.1, 0.15) is 36.3 Å². The number of rotatable bonds is 5. The maximum absolute atomic E-state index is 13.4. The van der Waals surface area contributed by atoms with Crippen molar-refractivity contribution in [2.45, 2.75) is 39.3 Å². The number of hydrogen-bond acceptors (Lipinski definition) is 6. The van der Waals surface area contributed by atoms with Gasteiger partial charge in [-0.05, 0) is 45.4 Å². The average Bonchev–Trinajstić information content (AvgIpc) is 3.00. The second-order valence-corrected chi connectivity index (χ2v) is 9.42. The van der Waals surface area contributed by atoms with Crippen molar-refractivity contribution in [3.8, 4) is 0 Å². The highest BCUT2D eigenvalue weighted by Crippen LogP contribution is 2.21. The molecule has 0 spiro atoms. The van der Waals surface area contributed by atoms with Crippen molar-refractivity contribution in [2.75, 3.05) is 18.1 Å². The fourth-order valence-electron chi connectivity index (χ4n) is 3.57. The molecule has 0 bridgehead atoms. The molecule has 2 atom stereocenters. The predicted octanol–water partition coefficient (Wildman–Crippen LogP) is 2.26. The van der Waals surface area contributed by atoms with Gasteiger partial charge in [0.1, 0.15) is 5.82 Å². The Labute approximate surface area is 168 Å². The van der Waals surface area contributed by atoms with E-state index in [1.165, 1.54) is 30.0 Å². The number of amides is 1. The van der Waals surface area contributed by atoms with Gasteiger partial charge < -0.3 is 9.64 Å². The minimum absolute atomic E-state index is 0.0537. The smallest absolute Gasteiger partial charge is 0.340 e. The molecule has 1 amide bonds. The second-order valence-electron chi connectivity index (χ2n) is 7.19. The predicted molar refractivity (Wildman–Crippen MR) is 106 cm³/mol. The second kappa shape index (κ2) is 8.06. The first-order valence-electron chi connectivity index (χ1n) is 9.40. The molecular formula is C20H23FN2O5S. The van der Waals surface area contributed by atoms with Gasteiger partial charge >= 0.3 is 5.97 Å². The van der Waals surface area contributed by atoms with Crippen LogP contribution in [0.2, 0.25) is 0 Å². The number of pyridine rings is 1. The number of aromatic nitrogens is 1. The van der Waals surface area contributed by atoms with Crippen LogP contribution in [-0.4, -0.2) is 60.4 Å². The zero-order valence-corrected chi connectivity index (χ0v) is 17.3. The number of benzene rings is 1. The van der Waals surface area contributed by atoms with Gasteiger partial charge in [0, 0.05) is 24.0 Å². The highest BCUT2D eigenvalue weighted by atomic mass is 32.2. The van der Waals surface area contributed by atoms with Crippen LogP contribution in [0.4, 0.5) is 4.39 Å². The number of hydrogen-bond donors (Lipinski definition) is 0. The minimum atomic E-state index is -3.14. The Morgan fingerprint density at radius 3 is 2.69 bits per heavy atom. The van der Waals surface area contributed by atoms with Crippen molar-refractivity contribution in [1.82, 2.24) is 9.88 Å². The summed E-state index contributed by atoms with van der Waals surface area (Å²) in [7, 11) is -3.14. The van der Waals surface area contributed by atoms with Crippen LogP contribution < -0.4 is 0 Å². The highest BCUT2D eigenvalue weighted by molar-refractivity contribution is 7.91. The highest BCUT2D eigenvalue weighted by Gasteiger charge is 2.36. The molecule has 3 rings (SSSR count). The van der Waals surface area contributed by atoms with Crippen molar-refractivity contribution in [1.29, 1.82) is 0 Å². The first kappa shape index (κ1) is 21.2. The maximum atomic E-state index is 13.4. The quantitative estimate of drug-likeness (QED) is 0.686. The summed E-state index contributed by atoms with van der Waals surface area (Å²) in [6.45, 7) is 5.15. The molecule has 9 heteroatoms. The fraction of sp³-hybridized carbons (Fsp3) is 0.450. The number of nitrogens with zero attached hydrogens (tertiary/aromatic N) is 2. The molecule has 0 radical (unpaired) electrons. The summed E-state index contributed by atoms with van der Waals surface area (Å²) in [5, 5.41) is 0.578. The first-order chi connectivity index (χ1) is 13.6. The molecule has 1 aliphatic heterocycles. The third-order valence-electron chi connectivity index (χ3n) is 5.09. The van der Waals surface area contributed by atoms with Gasteiger partial charge in [-0.3, -0.25) is 9.78 Å². The molecule has 0 aliphatic carbocycles. The summed E-state index contributed by atoms with van der Waals surface area (Å²) >= 11 is 0. The molecule has 1 aliphatic rings. The van der Waals surface area contributed by atoms with Gasteiger partial charge in [0.2, 0.25) is 0 Å². The van der Waals surface area contributed by atoms with Gasteiger partial charge in [-0.2, -0.15) is 0 Å². The number of sulfone groups is 1. The number of esters is 1. The number of halogens is 1. The van der Waals surface area contributed by atoms with Crippen LogP contribution in [0.25, 0.3) is 10.9 Å². The van der Waals surface area contributed by atoms with Gasteiger partial charge in [-0.25, -0.2) is 17.6 Å². The Bertz CT molecular complexity index is 1070. The molecule has 2 heterocycles. The van der Waals surface area contributed by atoms with Crippen molar-refractivity contribution in [2.24, 2.45) is 0 Å². The lowest BCUT2D eigenvalue weighted by atomic mass is 10.1. The normalized spacial score (nSPS) is 19.1. The molecule has 156 valence electrons. The summed E-state index contributed by atoms with van der Waals surface area (Å²) in [5.74, 6) is -1.59. The van der Waals surface area contributed by atoms with E-state index in [1.54, 1.807) is 19.9 Å². The number of carbonyl (C=O) groups excluding carboxylic acids is 2. The van der Waals surface area contributed by atoms with Crippen LogP contribution >= 0.6 is 0 Å². The molecule has 0 N–H and O–H groups in total. The van der Waals surface area contributed by atoms with E-state index in [0.29, 0.717) is 29.6 Å². The summed E-state index contributed by atoms with van der Waals surface area (Å²) in [6.07, 6.45) is -0.693. The Morgan fingerprint density at radius 1 is 1.34 bits per heavy atom. The van der Waals surface area contributed by atoms with Crippen molar-refractivity contribution in [3.63, 3.8) is 0 Å². The van der Waals surface area contributed by atoms with Crippen molar-refractivity contribution >= 4 is 32.6 Å². The number of ether oxygens (including phenoxy) is 1. The molecule has 2 unspecified atom stereocenters. The van der Waals surface area contributed by atoms with E-state index in [-0.39, 0.29) is 17.1 Å². The third kappa shape index (κ3) is 4.55. The van der Waals surface area contributed by atoms with Gasteiger partial charge in [0.05, 0.1) is 28.3 Å². The van der Waals surface area contributed by atoms with Crippen molar-refractivity contribution < 1.29 is 27.1 Å². The van der Waals surface area contributed by atoms with Crippen LogP contribution in [0.3, 0.4) is 0 Å². The zero-order chi connectivity index (χ0) is 21.3. The Kier molecular flexibility index (Phi) is 5.88. The molecule has 1 fully saturated rings. The monoisotopic (exact) mass is 422 g/mol. The van der Waals surface area contributed by atoms with Gasteiger partial charge in [-0.1, -0.05) is 0 Å². The third-order valence-corrected chi connectivity index (χ3v) is 6.85. The molecular weight excluding hydrogens is 399 g/mol. The lowest BCUT2D eigenvalue weighted by Crippen LogP contribution is -2.46. The van der Waals surface area contributed by atoms with E-state index in [1.807, 2.05) is 0 Å². The minimum Gasteiger partial charge on any atom is -0.449 e. The Balaban J connectivity index is 1.75. The Hall–Kier alpha value is -2.55. The van der Waals surface area contributed by atoms with Crippen LogP contribution in [0.15, 0.2) is 24.3 Å². The van der Waals surface area contributed by atoms with Gasteiger partial charge in [0.25, 0.3) is 5.91 Å². The molecule has 1 aromatic heterocycles. The average molecular weight is 422 g/mol. The van der Waals surface area contributed by atoms with Crippen LogP contribution in [0, 0.1) is 12.7 Å². The summed E-state index contributed by atoms with van der Waals surface area (Å²) in [6, 6.07) is 5.21. The van der Waals surface area contributed by atoms with E-state index in [2.05, 4.69) is 4.98 Å². The molecule has 7 nitrogen and oxygen atoms in total. The van der Waals surface area contributed by atoms with Gasteiger partial charge in [-0.15, -0.1) is 0 Å². The van der Waals surface area contributed by atoms with Crippen molar-refractivity contribution in [3.05, 3.63) is 41.3 Å². The van der Waals surface area contributed by atoms with E-state index >= 15 is 0 Å². The topological polar surface area (TPSA) is 93.6 Å². The fourth-order valence-corrected chi connectivity index (χ4v) is 5.30. The number of fused-ring (bicyclic) bond motifs is 1. The summed E-state index contributed by atoms with van der Waals surface area (Å²) in [4.78, 5) is 31.1. The standard InChI is InChI=1S/C20H23FN2O5S/c1-4-23(16-7-8-29(26,27)11-16)19(24)13(3)28-20(25)17-9-14-5-6-15(21)10-18(14)22-12(17)2/h5-6,9-10,13,16H,4,7-8,11H2,1-3H3. The van der Waals surface area contributed by atoms with E-state index < -0.39 is 39.7 Å². The molecule has 29 heavy (non-hydrogen) atoms. The van der Waals surface area contributed by atoms with Crippen LogP contribution in [0.5, 0.6) is 0 Å². The van der Waals surface area contributed by atoms with E-state index in [0.717, 1.165) is 0 Å². The number of aryl methyl sites for hydroxylation is 1. The largest absolute Gasteiger partial charge is 0.449 e. The maximum Gasteiger partial charge on any atom is 0.340 e. The Morgan fingerprint density at radius 2 is 2.07 bits per heavy atom. The van der Waals surface area contributed by atoms with Crippen LogP contribution in [-0.2, 0) is 19.4 Å². The van der Waals surface area contributed by atoms with E-state index in [9.17, 15) is 22.4 Å². The lowest BCUT2D eigenvalue weighted by molar-refractivity contribution is -0.141. The summed E-state index contributed by atoms with van der Waals surface area (Å²) in [5.41, 5.74) is 0.972. The first-order valence-corrected chi connectivity index (χ1v) is 11.2. The summed E-state index contributed by atoms with van der Waals surface area (Å²) < 4.78 is 42.2. The lowest BCUT2D eigenvalue weighted by Gasteiger charge is -2.29. The zero-order valence-electron chi connectivity index (χ0n) is 16.5. The SMILES string of the molecule is CCN(C(=O)C(C)OC(=O)c1cc2ccc(F)cc2nc1C)C1CCS(=O)(=O)C1. The van der Waals surface area contributed by atoms with Gasteiger partial charge in [0.15, 0.2) is 15.9 Å². The molecule has 2 aromatic rings.